The van der Waals surface area contributed by atoms with Gasteiger partial charge in [-0.25, -0.2) is 0 Å². The zero-order valence-electron chi connectivity index (χ0n) is 10.1. The molecule has 0 spiro atoms. The van der Waals surface area contributed by atoms with Crippen molar-refractivity contribution in [1.82, 2.24) is 15.0 Å². The summed E-state index contributed by atoms with van der Waals surface area (Å²) in [6.07, 6.45) is 2.59. The molecule has 2 fully saturated rings. The van der Waals surface area contributed by atoms with E-state index >= 15 is 0 Å². The Labute approximate surface area is 111 Å². The molecule has 0 bridgehead atoms. The van der Waals surface area contributed by atoms with Gasteiger partial charge in [0.1, 0.15) is 0 Å². The first kappa shape index (κ1) is 11.9. The highest BCUT2D eigenvalue weighted by Gasteiger charge is 2.22. The second-order valence-corrected chi connectivity index (χ2v) is 4.99. The van der Waals surface area contributed by atoms with E-state index in [2.05, 4.69) is 25.2 Å². The zero-order chi connectivity index (χ0) is 12.4. The van der Waals surface area contributed by atoms with Gasteiger partial charge in [-0.1, -0.05) is 0 Å². The highest BCUT2D eigenvalue weighted by molar-refractivity contribution is 6.28. The topological polar surface area (TPSA) is 63.2 Å². The van der Waals surface area contributed by atoms with Gasteiger partial charge in [-0.05, 0) is 30.4 Å². The van der Waals surface area contributed by atoms with E-state index in [9.17, 15) is 0 Å². The standard InChI is InChI=1S/C11H16ClN5O/c12-9-14-10(13-7-8-1-2-8)16-11(15-9)17-3-5-18-6-4-17/h8H,1-7H2,(H,13,14,15,16). The Hall–Kier alpha value is -1.14. The van der Waals surface area contributed by atoms with Crippen LogP contribution in [0, 0.1) is 5.92 Å². The van der Waals surface area contributed by atoms with Crippen molar-refractivity contribution in [2.45, 2.75) is 12.8 Å². The molecule has 0 radical (unpaired) electrons. The molecule has 1 aromatic rings. The van der Waals surface area contributed by atoms with Crippen LogP contribution in [-0.2, 0) is 4.74 Å². The molecule has 18 heavy (non-hydrogen) atoms. The van der Waals surface area contributed by atoms with Crippen molar-refractivity contribution in [3.8, 4) is 0 Å². The van der Waals surface area contributed by atoms with E-state index < -0.39 is 0 Å². The van der Waals surface area contributed by atoms with E-state index in [1.54, 1.807) is 0 Å². The molecule has 1 N–H and O–H groups in total. The lowest BCUT2D eigenvalue weighted by Gasteiger charge is -2.26. The van der Waals surface area contributed by atoms with Crippen LogP contribution < -0.4 is 10.2 Å². The summed E-state index contributed by atoms with van der Waals surface area (Å²) in [5.41, 5.74) is 0. The molecule has 0 unspecified atom stereocenters. The van der Waals surface area contributed by atoms with Crippen LogP contribution in [0.5, 0.6) is 0 Å². The fourth-order valence-corrected chi connectivity index (χ4v) is 2.04. The third-order valence-electron chi connectivity index (χ3n) is 3.14. The van der Waals surface area contributed by atoms with E-state index in [4.69, 9.17) is 16.3 Å². The Bertz CT molecular complexity index is 420. The molecule has 0 atom stereocenters. The van der Waals surface area contributed by atoms with Gasteiger partial charge in [0.15, 0.2) is 0 Å². The molecule has 1 saturated carbocycles. The van der Waals surface area contributed by atoms with Crippen molar-refractivity contribution in [3.63, 3.8) is 0 Å². The lowest BCUT2D eigenvalue weighted by molar-refractivity contribution is 0.122. The van der Waals surface area contributed by atoms with Gasteiger partial charge in [0, 0.05) is 19.6 Å². The van der Waals surface area contributed by atoms with Crippen LogP contribution in [0.1, 0.15) is 12.8 Å². The number of nitrogens with zero attached hydrogens (tertiary/aromatic N) is 4. The molecule has 98 valence electrons. The predicted molar refractivity (Wildman–Crippen MR) is 69.1 cm³/mol. The summed E-state index contributed by atoms with van der Waals surface area (Å²) in [5, 5.41) is 3.46. The number of halogens is 1. The van der Waals surface area contributed by atoms with E-state index in [1.165, 1.54) is 12.8 Å². The lowest BCUT2D eigenvalue weighted by atomic mass is 10.4. The van der Waals surface area contributed by atoms with Crippen molar-refractivity contribution < 1.29 is 4.74 Å². The maximum Gasteiger partial charge on any atom is 0.231 e. The molecule has 0 amide bonds. The van der Waals surface area contributed by atoms with Crippen molar-refractivity contribution in [1.29, 1.82) is 0 Å². The highest BCUT2D eigenvalue weighted by Crippen LogP contribution is 2.28. The normalized spacial score (nSPS) is 19.9. The number of ether oxygens (including phenoxy) is 1. The summed E-state index contributed by atoms with van der Waals surface area (Å²) >= 11 is 5.94. The first-order chi connectivity index (χ1) is 8.81. The minimum atomic E-state index is 0.241. The van der Waals surface area contributed by atoms with Crippen LogP contribution in [-0.4, -0.2) is 47.8 Å². The summed E-state index contributed by atoms with van der Waals surface area (Å²) in [7, 11) is 0. The second kappa shape index (κ2) is 5.24. The third-order valence-corrected chi connectivity index (χ3v) is 3.31. The number of hydrogen-bond donors (Lipinski definition) is 1. The van der Waals surface area contributed by atoms with Crippen LogP contribution >= 0.6 is 11.6 Å². The van der Waals surface area contributed by atoms with E-state index in [0.29, 0.717) is 25.1 Å². The van der Waals surface area contributed by atoms with E-state index in [0.717, 1.165) is 25.6 Å². The Morgan fingerprint density at radius 3 is 2.72 bits per heavy atom. The van der Waals surface area contributed by atoms with Crippen molar-refractivity contribution >= 4 is 23.5 Å². The average Bonchev–Trinajstić information content (AvgIpc) is 3.21. The van der Waals surface area contributed by atoms with Crippen LogP contribution in [0.25, 0.3) is 0 Å². The highest BCUT2D eigenvalue weighted by atomic mass is 35.5. The maximum atomic E-state index is 5.94. The third kappa shape index (κ3) is 3.00. The summed E-state index contributed by atoms with van der Waals surface area (Å²) in [4.78, 5) is 14.8. The SMILES string of the molecule is Clc1nc(NCC2CC2)nc(N2CCOCC2)n1. The van der Waals surface area contributed by atoms with Gasteiger partial charge in [-0.2, -0.15) is 15.0 Å². The second-order valence-electron chi connectivity index (χ2n) is 4.65. The van der Waals surface area contributed by atoms with Gasteiger partial charge in [0.25, 0.3) is 0 Å². The number of rotatable bonds is 4. The summed E-state index contributed by atoms with van der Waals surface area (Å²) in [6, 6.07) is 0. The smallest absolute Gasteiger partial charge is 0.231 e. The Morgan fingerprint density at radius 1 is 1.22 bits per heavy atom. The van der Waals surface area contributed by atoms with Gasteiger partial charge in [-0.15, -0.1) is 0 Å². The first-order valence-electron chi connectivity index (χ1n) is 6.29. The van der Waals surface area contributed by atoms with Crippen LogP contribution in [0.15, 0.2) is 0 Å². The molecule has 1 aliphatic carbocycles. The number of hydrogen-bond acceptors (Lipinski definition) is 6. The molecule has 3 rings (SSSR count). The fourth-order valence-electron chi connectivity index (χ4n) is 1.88. The fraction of sp³-hybridized carbons (Fsp3) is 0.727. The lowest BCUT2D eigenvalue weighted by Crippen LogP contribution is -2.37. The average molecular weight is 270 g/mol. The van der Waals surface area contributed by atoms with Gasteiger partial charge >= 0.3 is 0 Å². The van der Waals surface area contributed by atoms with Crippen LogP contribution in [0.2, 0.25) is 5.28 Å². The maximum absolute atomic E-state index is 5.94. The summed E-state index contributed by atoms with van der Waals surface area (Å²) in [6.45, 7) is 3.91. The molecule has 1 aromatic heterocycles. The Balaban J connectivity index is 1.71. The summed E-state index contributed by atoms with van der Waals surface area (Å²) in [5.74, 6) is 1.98. The van der Waals surface area contributed by atoms with E-state index in [-0.39, 0.29) is 5.28 Å². The van der Waals surface area contributed by atoms with Crippen molar-refractivity contribution in [3.05, 3.63) is 5.28 Å². The molecule has 2 heterocycles. The number of aromatic nitrogens is 3. The minimum Gasteiger partial charge on any atom is -0.378 e. The van der Waals surface area contributed by atoms with Gasteiger partial charge < -0.3 is 15.0 Å². The van der Waals surface area contributed by atoms with Crippen LogP contribution in [0.4, 0.5) is 11.9 Å². The minimum absolute atomic E-state index is 0.241. The number of anilines is 2. The van der Waals surface area contributed by atoms with Crippen molar-refractivity contribution in [2.24, 2.45) is 5.92 Å². The Morgan fingerprint density at radius 2 is 2.00 bits per heavy atom. The summed E-state index contributed by atoms with van der Waals surface area (Å²) < 4.78 is 5.31. The van der Waals surface area contributed by atoms with E-state index in [1.807, 2.05) is 0 Å². The zero-order valence-corrected chi connectivity index (χ0v) is 10.9. The largest absolute Gasteiger partial charge is 0.378 e. The quantitative estimate of drug-likeness (QED) is 0.886. The molecule has 1 aliphatic heterocycles. The van der Waals surface area contributed by atoms with Crippen LogP contribution in [0.3, 0.4) is 0 Å². The number of morpholine rings is 1. The monoisotopic (exact) mass is 269 g/mol. The first-order valence-corrected chi connectivity index (χ1v) is 6.67. The predicted octanol–water partition coefficient (Wildman–Crippen LogP) is 1.18. The number of nitrogens with one attached hydrogen (secondary N) is 1. The molecular formula is C11H16ClN5O. The van der Waals surface area contributed by atoms with Crippen molar-refractivity contribution in [2.75, 3.05) is 43.1 Å². The molecule has 2 aliphatic rings. The molecule has 6 nitrogen and oxygen atoms in total. The molecule has 7 heteroatoms. The van der Waals surface area contributed by atoms with Gasteiger partial charge in [-0.3, -0.25) is 0 Å². The molecule has 1 saturated heterocycles. The Kier molecular flexibility index (Phi) is 3.47. The van der Waals surface area contributed by atoms with Gasteiger partial charge in [0.2, 0.25) is 17.2 Å². The molecule has 0 aromatic carbocycles. The van der Waals surface area contributed by atoms with Gasteiger partial charge in [0.05, 0.1) is 13.2 Å². The molecular weight excluding hydrogens is 254 g/mol.